The van der Waals surface area contributed by atoms with E-state index in [2.05, 4.69) is 10.2 Å². The Morgan fingerprint density at radius 3 is 2.71 bits per heavy atom. The molecule has 0 unspecified atom stereocenters. The number of aliphatic hydroxyl groups excluding tert-OH is 1. The predicted octanol–water partition coefficient (Wildman–Crippen LogP) is -0.157. The maximum Gasteiger partial charge on any atom is 0.220 e. The van der Waals surface area contributed by atoms with Crippen LogP contribution in [0, 0.1) is 5.92 Å². The van der Waals surface area contributed by atoms with Crippen LogP contribution < -0.4 is 5.32 Å². The predicted molar refractivity (Wildman–Crippen MR) is 65.8 cm³/mol. The molecule has 1 amide bonds. The molecule has 0 spiro atoms. The first-order valence-corrected chi connectivity index (χ1v) is 6.37. The zero-order valence-corrected chi connectivity index (χ0v) is 10.7. The lowest BCUT2D eigenvalue weighted by atomic mass is 9.93. The highest BCUT2D eigenvalue weighted by molar-refractivity contribution is 5.75. The smallest absolute Gasteiger partial charge is 0.220 e. The summed E-state index contributed by atoms with van der Waals surface area (Å²) in [7, 11) is 1.69. The van der Waals surface area contributed by atoms with Gasteiger partial charge in [-0.1, -0.05) is 0 Å². The quantitative estimate of drug-likeness (QED) is 0.611. The molecular weight excluding hydrogens is 220 g/mol. The van der Waals surface area contributed by atoms with Gasteiger partial charge in [-0.15, -0.1) is 0 Å². The normalized spacial score (nSPS) is 18.2. The van der Waals surface area contributed by atoms with Crippen molar-refractivity contribution in [2.75, 3.05) is 46.5 Å². The summed E-state index contributed by atoms with van der Waals surface area (Å²) >= 11 is 0. The van der Waals surface area contributed by atoms with Crippen molar-refractivity contribution < 1.29 is 14.6 Å². The van der Waals surface area contributed by atoms with Crippen LogP contribution in [0.3, 0.4) is 0 Å². The number of likely N-dealkylation sites (tertiary alicyclic amines) is 1. The Kier molecular flexibility index (Phi) is 7.16. The summed E-state index contributed by atoms with van der Waals surface area (Å²) in [6, 6.07) is 0. The minimum absolute atomic E-state index is 0.0915. The molecule has 1 aliphatic rings. The Morgan fingerprint density at radius 2 is 2.12 bits per heavy atom. The molecular formula is C12H24N2O3. The first kappa shape index (κ1) is 14.4. The van der Waals surface area contributed by atoms with E-state index in [9.17, 15) is 4.79 Å². The second-order valence-corrected chi connectivity index (χ2v) is 4.50. The lowest BCUT2D eigenvalue weighted by Gasteiger charge is -2.31. The van der Waals surface area contributed by atoms with Crippen molar-refractivity contribution in [1.29, 1.82) is 0 Å². The molecule has 0 aromatic carbocycles. The largest absolute Gasteiger partial charge is 0.394 e. The molecule has 0 bridgehead atoms. The highest BCUT2D eigenvalue weighted by Gasteiger charge is 2.20. The van der Waals surface area contributed by atoms with Crippen LogP contribution in [0.15, 0.2) is 0 Å². The Balaban J connectivity index is 2.07. The monoisotopic (exact) mass is 244 g/mol. The maximum atomic E-state index is 11.2. The van der Waals surface area contributed by atoms with Gasteiger partial charge < -0.3 is 20.1 Å². The molecule has 0 radical (unpaired) electrons. The highest BCUT2D eigenvalue weighted by atomic mass is 16.5. The van der Waals surface area contributed by atoms with E-state index in [1.54, 1.807) is 7.05 Å². The van der Waals surface area contributed by atoms with Crippen LogP contribution in [0.25, 0.3) is 0 Å². The Hall–Kier alpha value is -0.650. The zero-order valence-electron chi connectivity index (χ0n) is 10.7. The molecule has 1 fully saturated rings. The average Bonchev–Trinajstić information content (AvgIpc) is 2.36. The molecule has 0 atom stereocenters. The molecule has 5 heteroatoms. The number of carbonyl (C=O) groups is 1. The summed E-state index contributed by atoms with van der Waals surface area (Å²) < 4.78 is 5.24. The number of nitrogens with zero attached hydrogens (tertiary/aromatic N) is 1. The number of hydrogen-bond donors (Lipinski definition) is 2. The van der Waals surface area contributed by atoms with E-state index in [-0.39, 0.29) is 12.5 Å². The maximum absolute atomic E-state index is 11.2. The van der Waals surface area contributed by atoms with Gasteiger partial charge in [-0.05, 0) is 31.8 Å². The van der Waals surface area contributed by atoms with Gasteiger partial charge in [-0.2, -0.15) is 0 Å². The van der Waals surface area contributed by atoms with E-state index in [1.165, 1.54) is 0 Å². The summed E-state index contributed by atoms with van der Waals surface area (Å²) in [6.45, 7) is 4.21. The van der Waals surface area contributed by atoms with Crippen molar-refractivity contribution in [1.82, 2.24) is 10.2 Å². The van der Waals surface area contributed by atoms with Crippen LogP contribution in [-0.4, -0.2) is 62.4 Å². The fourth-order valence-electron chi connectivity index (χ4n) is 2.14. The van der Waals surface area contributed by atoms with Crippen LogP contribution in [0.5, 0.6) is 0 Å². The highest BCUT2D eigenvalue weighted by Crippen LogP contribution is 2.19. The Bertz CT molecular complexity index is 216. The second kappa shape index (κ2) is 8.44. The van der Waals surface area contributed by atoms with Gasteiger partial charge in [-0.25, -0.2) is 0 Å². The number of rotatable bonds is 7. The van der Waals surface area contributed by atoms with Gasteiger partial charge in [0.15, 0.2) is 0 Å². The third-order valence-electron chi connectivity index (χ3n) is 3.25. The standard InChI is InChI=1S/C12H24N2O3/c1-13-12(16)10-11-2-4-14(5-3-11)6-8-17-9-7-15/h11,15H,2-10H2,1H3,(H,13,16). The van der Waals surface area contributed by atoms with Crippen molar-refractivity contribution in [3.05, 3.63) is 0 Å². The third kappa shape index (κ3) is 6.00. The molecule has 1 rings (SSSR count). The zero-order chi connectivity index (χ0) is 12.5. The molecule has 1 heterocycles. The van der Waals surface area contributed by atoms with E-state index in [1.807, 2.05) is 0 Å². The second-order valence-electron chi connectivity index (χ2n) is 4.50. The number of nitrogens with one attached hydrogen (secondary N) is 1. The van der Waals surface area contributed by atoms with Gasteiger partial charge in [0.2, 0.25) is 5.91 Å². The minimum atomic E-state index is 0.0915. The molecule has 17 heavy (non-hydrogen) atoms. The van der Waals surface area contributed by atoms with Crippen LogP contribution in [-0.2, 0) is 9.53 Å². The first-order chi connectivity index (χ1) is 8.26. The van der Waals surface area contributed by atoms with E-state index in [4.69, 9.17) is 9.84 Å². The summed E-state index contributed by atoms with van der Waals surface area (Å²) in [6.07, 6.45) is 2.84. The number of amides is 1. The van der Waals surface area contributed by atoms with E-state index >= 15 is 0 Å². The molecule has 0 aromatic heterocycles. The molecule has 2 N–H and O–H groups in total. The van der Waals surface area contributed by atoms with Crippen molar-refractivity contribution in [2.24, 2.45) is 5.92 Å². The van der Waals surface area contributed by atoms with Crippen molar-refractivity contribution in [3.8, 4) is 0 Å². The van der Waals surface area contributed by atoms with E-state index < -0.39 is 0 Å². The van der Waals surface area contributed by atoms with Gasteiger partial charge >= 0.3 is 0 Å². The fraction of sp³-hybridized carbons (Fsp3) is 0.917. The lowest BCUT2D eigenvalue weighted by Crippen LogP contribution is -2.37. The molecule has 100 valence electrons. The van der Waals surface area contributed by atoms with Crippen LogP contribution in [0.1, 0.15) is 19.3 Å². The molecule has 5 nitrogen and oxygen atoms in total. The molecule has 0 saturated carbocycles. The molecule has 1 aliphatic heterocycles. The summed E-state index contributed by atoms with van der Waals surface area (Å²) in [5.74, 6) is 0.680. The minimum Gasteiger partial charge on any atom is -0.394 e. The van der Waals surface area contributed by atoms with E-state index in [0.29, 0.717) is 25.6 Å². The molecule has 1 saturated heterocycles. The first-order valence-electron chi connectivity index (χ1n) is 6.37. The van der Waals surface area contributed by atoms with Crippen molar-refractivity contribution in [3.63, 3.8) is 0 Å². The van der Waals surface area contributed by atoms with Crippen LogP contribution in [0.4, 0.5) is 0 Å². The topological polar surface area (TPSA) is 61.8 Å². The molecule has 0 aliphatic carbocycles. The fourth-order valence-corrected chi connectivity index (χ4v) is 2.14. The average molecular weight is 244 g/mol. The van der Waals surface area contributed by atoms with Crippen LogP contribution >= 0.6 is 0 Å². The molecule has 0 aromatic rings. The Labute approximate surface area is 103 Å². The van der Waals surface area contributed by atoms with Gasteiger partial charge in [-0.3, -0.25) is 4.79 Å². The van der Waals surface area contributed by atoms with Crippen molar-refractivity contribution >= 4 is 5.91 Å². The van der Waals surface area contributed by atoms with Crippen LogP contribution in [0.2, 0.25) is 0 Å². The van der Waals surface area contributed by atoms with Gasteiger partial charge in [0.05, 0.1) is 19.8 Å². The lowest BCUT2D eigenvalue weighted by molar-refractivity contribution is -0.121. The van der Waals surface area contributed by atoms with Gasteiger partial charge in [0.25, 0.3) is 0 Å². The van der Waals surface area contributed by atoms with Crippen molar-refractivity contribution in [2.45, 2.75) is 19.3 Å². The summed E-state index contributed by atoms with van der Waals surface area (Å²) in [5.41, 5.74) is 0. The van der Waals surface area contributed by atoms with Gasteiger partial charge in [0.1, 0.15) is 0 Å². The number of piperidine rings is 1. The Morgan fingerprint density at radius 1 is 1.41 bits per heavy atom. The van der Waals surface area contributed by atoms with E-state index in [0.717, 1.165) is 32.5 Å². The number of carbonyl (C=O) groups excluding carboxylic acids is 1. The number of ether oxygens (including phenoxy) is 1. The van der Waals surface area contributed by atoms with Gasteiger partial charge in [0, 0.05) is 20.0 Å². The number of hydrogen-bond acceptors (Lipinski definition) is 4. The summed E-state index contributed by atoms with van der Waals surface area (Å²) in [4.78, 5) is 13.6. The number of aliphatic hydroxyl groups is 1. The summed E-state index contributed by atoms with van der Waals surface area (Å²) in [5, 5.41) is 11.2. The third-order valence-corrected chi connectivity index (χ3v) is 3.25. The SMILES string of the molecule is CNC(=O)CC1CCN(CCOCCO)CC1.